The summed E-state index contributed by atoms with van der Waals surface area (Å²) in [4.78, 5) is 0. The standard InChI is InChI=1S/C10H7F3O2/c11-10(12,13)15-9-6-5-7-3-1-2-4-8(7)14-9/h1-4,6H,5H2. The van der Waals surface area contributed by atoms with E-state index < -0.39 is 12.3 Å². The summed E-state index contributed by atoms with van der Waals surface area (Å²) in [6, 6.07) is 6.87. The molecule has 1 heterocycles. The lowest BCUT2D eigenvalue weighted by Crippen LogP contribution is -2.18. The molecule has 80 valence electrons. The molecule has 0 atom stereocenters. The van der Waals surface area contributed by atoms with Gasteiger partial charge in [0.25, 0.3) is 5.95 Å². The number of hydrogen-bond acceptors (Lipinski definition) is 2. The van der Waals surface area contributed by atoms with E-state index in [1.165, 1.54) is 6.08 Å². The molecule has 0 fully saturated rings. The summed E-state index contributed by atoms with van der Waals surface area (Å²) in [5.74, 6) is -0.111. The van der Waals surface area contributed by atoms with Crippen LogP contribution in [0.3, 0.4) is 0 Å². The van der Waals surface area contributed by atoms with Crippen LogP contribution in [0, 0.1) is 0 Å². The molecule has 1 aliphatic heterocycles. The minimum absolute atomic E-state index is 0.377. The molecule has 1 aromatic rings. The molecule has 0 aliphatic carbocycles. The number of halogens is 3. The van der Waals surface area contributed by atoms with E-state index in [2.05, 4.69) is 4.74 Å². The van der Waals surface area contributed by atoms with Crippen molar-refractivity contribution in [2.75, 3.05) is 0 Å². The molecule has 0 spiro atoms. The fourth-order valence-corrected chi connectivity index (χ4v) is 1.29. The van der Waals surface area contributed by atoms with Crippen LogP contribution in [0.15, 0.2) is 36.3 Å². The molecule has 5 heteroatoms. The number of benzene rings is 1. The number of para-hydroxylation sites is 1. The fraction of sp³-hybridized carbons (Fsp3) is 0.200. The average Bonchev–Trinajstić information content (AvgIpc) is 2.15. The van der Waals surface area contributed by atoms with E-state index in [0.717, 1.165) is 5.56 Å². The largest absolute Gasteiger partial charge is 0.575 e. The summed E-state index contributed by atoms with van der Waals surface area (Å²) in [5, 5.41) is 0. The van der Waals surface area contributed by atoms with Crippen LogP contribution in [0.5, 0.6) is 5.75 Å². The third kappa shape index (κ3) is 2.43. The first-order valence-electron chi connectivity index (χ1n) is 4.26. The summed E-state index contributed by atoms with van der Waals surface area (Å²) in [6.07, 6.45) is -3.07. The van der Waals surface area contributed by atoms with Crippen LogP contribution in [0.25, 0.3) is 0 Å². The van der Waals surface area contributed by atoms with Gasteiger partial charge in [-0.1, -0.05) is 18.2 Å². The summed E-state index contributed by atoms with van der Waals surface area (Å²) in [7, 11) is 0. The van der Waals surface area contributed by atoms with Crippen molar-refractivity contribution in [2.24, 2.45) is 0 Å². The van der Waals surface area contributed by atoms with Crippen molar-refractivity contribution < 1.29 is 22.6 Å². The molecule has 0 radical (unpaired) electrons. The lowest BCUT2D eigenvalue weighted by Gasteiger charge is -2.18. The van der Waals surface area contributed by atoms with Gasteiger partial charge in [-0.15, -0.1) is 13.2 Å². The van der Waals surface area contributed by atoms with E-state index in [0.29, 0.717) is 12.2 Å². The van der Waals surface area contributed by atoms with Crippen molar-refractivity contribution >= 4 is 0 Å². The highest BCUT2D eigenvalue weighted by molar-refractivity contribution is 5.38. The van der Waals surface area contributed by atoms with Gasteiger partial charge < -0.3 is 9.47 Å². The van der Waals surface area contributed by atoms with Crippen molar-refractivity contribution in [1.29, 1.82) is 0 Å². The van der Waals surface area contributed by atoms with E-state index in [-0.39, 0.29) is 0 Å². The highest BCUT2D eigenvalue weighted by Gasteiger charge is 2.33. The predicted octanol–water partition coefficient (Wildman–Crippen LogP) is 3.00. The zero-order valence-corrected chi connectivity index (χ0v) is 7.54. The minimum atomic E-state index is -4.71. The van der Waals surface area contributed by atoms with Crippen molar-refractivity contribution in [3.63, 3.8) is 0 Å². The van der Waals surface area contributed by atoms with Crippen LogP contribution in [-0.4, -0.2) is 6.36 Å². The lowest BCUT2D eigenvalue weighted by atomic mass is 10.1. The first-order valence-corrected chi connectivity index (χ1v) is 4.26. The lowest BCUT2D eigenvalue weighted by molar-refractivity contribution is -0.317. The van der Waals surface area contributed by atoms with Crippen molar-refractivity contribution in [3.8, 4) is 5.75 Å². The van der Waals surface area contributed by atoms with Crippen molar-refractivity contribution in [3.05, 3.63) is 41.9 Å². The first-order chi connectivity index (χ1) is 7.04. The molecule has 15 heavy (non-hydrogen) atoms. The molecule has 0 saturated carbocycles. The number of ether oxygens (including phenoxy) is 2. The minimum Gasteiger partial charge on any atom is -0.426 e. The first kappa shape index (κ1) is 9.89. The second kappa shape index (κ2) is 3.49. The zero-order valence-electron chi connectivity index (χ0n) is 7.54. The number of fused-ring (bicyclic) bond motifs is 1. The van der Waals surface area contributed by atoms with E-state index in [1.807, 2.05) is 0 Å². The Morgan fingerprint density at radius 3 is 2.67 bits per heavy atom. The van der Waals surface area contributed by atoms with Gasteiger partial charge in [0.15, 0.2) is 0 Å². The van der Waals surface area contributed by atoms with Crippen LogP contribution in [0.1, 0.15) is 5.56 Å². The van der Waals surface area contributed by atoms with Crippen LogP contribution in [0.4, 0.5) is 13.2 Å². The highest BCUT2D eigenvalue weighted by Crippen LogP contribution is 2.29. The number of rotatable bonds is 1. The van der Waals surface area contributed by atoms with Crippen LogP contribution < -0.4 is 4.74 Å². The molecular weight excluding hydrogens is 209 g/mol. The molecule has 0 bridgehead atoms. The van der Waals surface area contributed by atoms with Crippen LogP contribution >= 0.6 is 0 Å². The Kier molecular flexibility index (Phi) is 2.30. The Labute approximate surface area is 83.9 Å². The smallest absolute Gasteiger partial charge is 0.426 e. The quantitative estimate of drug-likeness (QED) is 0.718. The van der Waals surface area contributed by atoms with E-state index in [1.54, 1.807) is 24.3 Å². The van der Waals surface area contributed by atoms with Gasteiger partial charge in [-0.25, -0.2) is 0 Å². The van der Waals surface area contributed by atoms with E-state index >= 15 is 0 Å². The van der Waals surface area contributed by atoms with E-state index in [4.69, 9.17) is 4.74 Å². The van der Waals surface area contributed by atoms with Gasteiger partial charge in [-0.2, -0.15) is 0 Å². The summed E-state index contributed by atoms with van der Waals surface area (Å²) >= 11 is 0. The molecule has 0 saturated heterocycles. The Bertz CT molecular complexity index is 396. The van der Waals surface area contributed by atoms with Gasteiger partial charge in [0.2, 0.25) is 0 Å². The Balaban J connectivity index is 2.13. The van der Waals surface area contributed by atoms with Gasteiger partial charge >= 0.3 is 6.36 Å². The third-order valence-corrected chi connectivity index (χ3v) is 1.89. The third-order valence-electron chi connectivity index (χ3n) is 1.89. The van der Waals surface area contributed by atoms with Crippen LogP contribution in [0.2, 0.25) is 0 Å². The zero-order chi connectivity index (χ0) is 10.9. The number of alkyl halides is 3. The molecule has 0 unspecified atom stereocenters. The van der Waals surface area contributed by atoms with Crippen LogP contribution in [-0.2, 0) is 11.2 Å². The molecular formula is C10H7F3O2. The fourth-order valence-electron chi connectivity index (χ4n) is 1.29. The normalized spacial score (nSPS) is 15.0. The maximum absolute atomic E-state index is 11.9. The molecule has 2 nitrogen and oxygen atoms in total. The highest BCUT2D eigenvalue weighted by atomic mass is 19.4. The summed E-state index contributed by atoms with van der Waals surface area (Å²) < 4.78 is 44.2. The SMILES string of the molecule is FC(F)(F)OC1=CCc2ccccc2O1. The summed E-state index contributed by atoms with van der Waals surface area (Å²) in [6.45, 7) is 0. The van der Waals surface area contributed by atoms with Gasteiger partial charge in [0, 0.05) is 12.5 Å². The van der Waals surface area contributed by atoms with E-state index in [9.17, 15) is 13.2 Å². The molecule has 2 rings (SSSR count). The second-order valence-corrected chi connectivity index (χ2v) is 2.98. The Morgan fingerprint density at radius 2 is 1.93 bits per heavy atom. The molecule has 0 N–H and O–H groups in total. The molecule has 1 aliphatic rings. The Morgan fingerprint density at radius 1 is 1.20 bits per heavy atom. The Hall–Kier alpha value is -1.65. The molecule has 0 amide bonds. The number of hydrogen-bond donors (Lipinski definition) is 0. The van der Waals surface area contributed by atoms with Crippen molar-refractivity contribution in [1.82, 2.24) is 0 Å². The summed E-state index contributed by atoms with van der Waals surface area (Å²) in [5.41, 5.74) is 0.840. The molecule has 0 aromatic heterocycles. The maximum Gasteiger partial charge on any atom is 0.575 e. The van der Waals surface area contributed by atoms with Gasteiger partial charge in [0.05, 0.1) is 0 Å². The van der Waals surface area contributed by atoms with Crippen molar-refractivity contribution in [2.45, 2.75) is 12.8 Å². The number of allylic oxidation sites excluding steroid dienone is 1. The maximum atomic E-state index is 11.9. The monoisotopic (exact) mass is 216 g/mol. The second-order valence-electron chi connectivity index (χ2n) is 2.98. The predicted molar refractivity (Wildman–Crippen MR) is 46.0 cm³/mol. The molecule has 1 aromatic carbocycles. The van der Waals surface area contributed by atoms with Gasteiger partial charge in [-0.05, 0) is 11.6 Å². The topological polar surface area (TPSA) is 18.5 Å². The van der Waals surface area contributed by atoms with Gasteiger partial charge in [-0.3, -0.25) is 0 Å². The average molecular weight is 216 g/mol. The van der Waals surface area contributed by atoms with Gasteiger partial charge in [0.1, 0.15) is 5.75 Å².